The molecule has 1 aliphatic rings. The fraction of sp³-hybridized carbons (Fsp3) is 0.500. The first kappa shape index (κ1) is 21.3. The molecule has 8 nitrogen and oxygen atoms in total. The van der Waals surface area contributed by atoms with Crippen LogP contribution in [0.3, 0.4) is 0 Å². The van der Waals surface area contributed by atoms with E-state index in [-0.39, 0.29) is 0 Å². The lowest BCUT2D eigenvalue weighted by Gasteiger charge is -2.35. The van der Waals surface area contributed by atoms with Gasteiger partial charge in [0.2, 0.25) is 0 Å². The number of likely N-dealkylation sites (N-methyl/N-ethyl adjacent to an activating group) is 1. The highest BCUT2D eigenvalue weighted by molar-refractivity contribution is 9.10. The van der Waals surface area contributed by atoms with Crippen LogP contribution < -0.4 is 10.7 Å². The molecule has 1 fully saturated rings. The number of anilines is 1. The summed E-state index contributed by atoms with van der Waals surface area (Å²) in [5, 5.41) is 1.08. The minimum atomic E-state index is -0.518. The zero-order chi connectivity index (χ0) is 19.8. The summed E-state index contributed by atoms with van der Waals surface area (Å²) in [4.78, 5) is 33.6. The predicted molar refractivity (Wildman–Crippen MR) is 109 cm³/mol. The smallest absolute Gasteiger partial charge is 0.340 e. The molecule has 0 radical (unpaired) electrons. The van der Waals surface area contributed by atoms with Crippen molar-refractivity contribution in [2.24, 2.45) is 5.84 Å². The Balaban J connectivity index is 1.65. The Morgan fingerprint density at radius 3 is 2.63 bits per heavy atom. The van der Waals surface area contributed by atoms with Crippen molar-refractivity contribution in [1.82, 2.24) is 19.8 Å². The molecule has 3 amide bonds. The van der Waals surface area contributed by atoms with Gasteiger partial charge in [-0.25, -0.2) is 15.6 Å². The standard InChI is InChI=1S/C18H27BrN6O2/c1-3-17(26)22(2)18(27)25(20)10-5-4-9-23-11-13-24(14-12-23)16-8-6-7-15(19)21-16/h3,6-8H,1,4-5,9-14,20H2,2H3. The zero-order valence-corrected chi connectivity index (χ0v) is 17.3. The van der Waals surface area contributed by atoms with Gasteiger partial charge in [-0.3, -0.25) is 19.6 Å². The van der Waals surface area contributed by atoms with Crippen molar-refractivity contribution in [3.63, 3.8) is 0 Å². The molecule has 0 atom stereocenters. The zero-order valence-electron chi connectivity index (χ0n) is 15.7. The first-order chi connectivity index (χ1) is 12.9. The molecule has 0 aliphatic carbocycles. The average molecular weight is 439 g/mol. The summed E-state index contributed by atoms with van der Waals surface area (Å²) in [7, 11) is 1.39. The van der Waals surface area contributed by atoms with Crippen molar-refractivity contribution in [2.75, 3.05) is 51.2 Å². The maximum Gasteiger partial charge on any atom is 0.340 e. The Labute approximate surface area is 168 Å². The molecule has 2 heterocycles. The monoisotopic (exact) mass is 438 g/mol. The van der Waals surface area contributed by atoms with E-state index in [1.165, 1.54) is 7.05 Å². The molecular formula is C18H27BrN6O2. The minimum Gasteiger partial charge on any atom is -0.354 e. The van der Waals surface area contributed by atoms with Gasteiger partial charge in [0.15, 0.2) is 0 Å². The Morgan fingerprint density at radius 1 is 1.30 bits per heavy atom. The summed E-state index contributed by atoms with van der Waals surface area (Å²) in [5.41, 5.74) is 0. The lowest BCUT2D eigenvalue weighted by atomic mass is 10.2. The van der Waals surface area contributed by atoms with Gasteiger partial charge in [0, 0.05) is 39.8 Å². The first-order valence-electron chi connectivity index (χ1n) is 8.98. The van der Waals surface area contributed by atoms with Crippen molar-refractivity contribution in [3.05, 3.63) is 35.5 Å². The molecule has 0 bridgehead atoms. The van der Waals surface area contributed by atoms with E-state index in [1.54, 1.807) is 0 Å². The van der Waals surface area contributed by atoms with E-state index < -0.39 is 11.9 Å². The van der Waals surface area contributed by atoms with Gasteiger partial charge >= 0.3 is 6.03 Å². The number of carbonyl (C=O) groups excluding carboxylic acids is 2. The third kappa shape index (κ3) is 6.30. The van der Waals surface area contributed by atoms with Gasteiger partial charge in [-0.15, -0.1) is 0 Å². The van der Waals surface area contributed by atoms with Crippen LogP contribution in [0.5, 0.6) is 0 Å². The number of amides is 3. The van der Waals surface area contributed by atoms with Gasteiger partial charge in [-0.05, 0) is 53.5 Å². The molecule has 0 spiro atoms. The van der Waals surface area contributed by atoms with E-state index in [9.17, 15) is 9.59 Å². The van der Waals surface area contributed by atoms with Crippen molar-refractivity contribution in [3.8, 4) is 0 Å². The molecular weight excluding hydrogens is 412 g/mol. The van der Waals surface area contributed by atoms with Crippen LogP contribution in [0.1, 0.15) is 12.8 Å². The van der Waals surface area contributed by atoms with Crippen LogP contribution >= 0.6 is 15.9 Å². The molecule has 1 saturated heterocycles. The Kier molecular flexibility index (Phi) is 8.21. The van der Waals surface area contributed by atoms with Crippen LogP contribution in [-0.4, -0.2) is 78.0 Å². The van der Waals surface area contributed by atoms with E-state index >= 15 is 0 Å². The number of hydrazine groups is 1. The topological polar surface area (TPSA) is 86.0 Å². The minimum absolute atomic E-state index is 0.412. The summed E-state index contributed by atoms with van der Waals surface area (Å²) < 4.78 is 0.851. The van der Waals surface area contributed by atoms with E-state index in [4.69, 9.17) is 5.84 Å². The van der Waals surface area contributed by atoms with Gasteiger partial charge in [-0.2, -0.15) is 0 Å². The summed E-state index contributed by atoms with van der Waals surface area (Å²) in [6.45, 7) is 8.59. The van der Waals surface area contributed by atoms with Crippen LogP contribution in [0.25, 0.3) is 0 Å². The summed E-state index contributed by atoms with van der Waals surface area (Å²) in [6.07, 6.45) is 2.82. The fourth-order valence-corrected chi connectivity index (χ4v) is 3.25. The molecule has 1 aliphatic heterocycles. The number of nitrogens with zero attached hydrogens (tertiary/aromatic N) is 5. The second-order valence-corrected chi connectivity index (χ2v) is 7.24. The SMILES string of the molecule is C=CC(=O)N(C)C(=O)N(N)CCCCN1CCN(c2cccc(Br)n2)CC1. The van der Waals surface area contributed by atoms with Crippen molar-refractivity contribution < 1.29 is 9.59 Å². The largest absolute Gasteiger partial charge is 0.354 e. The maximum absolute atomic E-state index is 12.0. The van der Waals surface area contributed by atoms with Crippen LogP contribution in [0.2, 0.25) is 0 Å². The summed E-state index contributed by atoms with van der Waals surface area (Å²) in [5.74, 6) is 6.28. The molecule has 1 aromatic rings. The molecule has 1 aromatic heterocycles. The molecule has 2 rings (SSSR count). The van der Waals surface area contributed by atoms with E-state index in [0.29, 0.717) is 6.54 Å². The summed E-state index contributed by atoms with van der Waals surface area (Å²) in [6, 6.07) is 5.44. The predicted octanol–water partition coefficient (Wildman–Crippen LogP) is 1.69. The molecule has 0 unspecified atom stereocenters. The number of halogens is 1. The van der Waals surface area contributed by atoms with Crippen LogP contribution in [0.4, 0.5) is 10.6 Å². The molecule has 2 N–H and O–H groups in total. The van der Waals surface area contributed by atoms with Gasteiger partial charge < -0.3 is 4.90 Å². The normalized spacial score (nSPS) is 14.7. The number of piperazine rings is 1. The highest BCUT2D eigenvalue weighted by Gasteiger charge is 2.20. The molecule has 27 heavy (non-hydrogen) atoms. The number of rotatable bonds is 7. The first-order valence-corrected chi connectivity index (χ1v) is 9.78. The third-order valence-corrected chi connectivity index (χ3v) is 5.00. The fourth-order valence-electron chi connectivity index (χ4n) is 2.91. The second kappa shape index (κ2) is 10.4. The number of carbonyl (C=O) groups is 2. The number of hydrogen-bond acceptors (Lipinski definition) is 6. The maximum atomic E-state index is 12.0. The van der Waals surface area contributed by atoms with Crippen molar-refractivity contribution >= 4 is 33.7 Å². The van der Waals surface area contributed by atoms with E-state index in [0.717, 1.165) is 72.0 Å². The van der Waals surface area contributed by atoms with Gasteiger partial charge in [0.25, 0.3) is 5.91 Å². The van der Waals surface area contributed by atoms with Crippen molar-refractivity contribution in [2.45, 2.75) is 12.8 Å². The third-order valence-electron chi connectivity index (χ3n) is 4.56. The average Bonchev–Trinajstić information content (AvgIpc) is 2.69. The van der Waals surface area contributed by atoms with Crippen LogP contribution in [0, 0.1) is 0 Å². The summed E-state index contributed by atoms with van der Waals surface area (Å²) >= 11 is 3.41. The molecule has 0 saturated carbocycles. The lowest BCUT2D eigenvalue weighted by Crippen LogP contribution is -2.48. The Bertz CT molecular complexity index is 663. The molecule has 148 valence electrons. The Morgan fingerprint density at radius 2 is 2.00 bits per heavy atom. The van der Waals surface area contributed by atoms with Gasteiger partial charge in [0.1, 0.15) is 10.4 Å². The lowest BCUT2D eigenvalue weighted by molar-refractivity contribution is -0.122. The van der Waals surface area contributed by atoms with E-state index in [2.05, 4.69) is 37.3 Å². The number of imide groups is 1. The number of nitrogens with two attached hydrogens (primary N) is 1. The van der Waals surface area contributed by atoms with E-state index in [1.807, 2.05) is 18.2 Å². The van der Waals surface area contributed by atoms with Gasteiger partial charge in [-0.1, -0.05) is 12.6 Å². The number of hydrogen-bond donors (Lipinski definition) is 1. The number of urea groups is 1. The number of aromatic nitrogens is 1. The number of unbranched alkanes of at least 4 members (excludes halogenated alkanes) is 1. The second-order valence-electron chi connectivity index (χ2n) is 6.43. The molecule has 0 aromatic carbocycles. The highest BCUT2D eigenvalue weighted by Crippen LogP contribution is 2.16. The number of pyridine rings is 1. The quantitative estimate of drug-likeness (QED) is 0.174. The highest BCUT2D eigenvalue weighted by atomic mass is 79.9. The molecule has 9 heteroatoms. The van der Waals surface area contributed by atoms with Gasteiger partial charge in [0.05, 0.1) is 0 Å². The van der Waals surface area contributed by atoms with Crippen LogP contribution in [0.15, 0.2) is 35.5 Å². The Hall–Kier alpha value is -1.97. The van der Waals surface area contributed by atoms with Crippen molar-refractivity contribution in [1.29, 1.82) is 0 Å². The van der Waals surface area contributed by atoms with Crippen LogP contribution in [-0.2, 0) is 4.79 Å².